The normalized spacial score (nSPS) is 30.0. The Kier molecular flexibility index (Phi) is 7.69. The summed E-state index contributed by atoms with van der Waals surface area (Å²) in [5, 5.41) is 0. The molecule has 0 radical (unpaired) electrons. The molecule has 2 unspecified atom stereocenters. The highest BCUT2D eigenvalue weighted by Crippen LogP contribution is 2.63. The highest BCUT2D eigenvalue weighted by molar-refractivity contribution is 5.26. The first-order valence-electron chi connectivity index (χ1n) is 11.8. The van der Waals surface area contributed by atoms with Gasteiger partial charge in [0, 0.05) is 0 Å². The van der Waals surface area contributed by atoms with E-state index in [4.69, 9.17) is 0 Å². The maximum absolute atomic E-state index is 14.6. The van der Waals surface area contributed by atoms with Crippen LogP contribution in [0.3, 0.4) is 0 Å². The van der Waals surface area contributed by atoms with Crippen molar-refractivity contribution in [1.29, 1.82) is 0 Å². The minimum Gasteiger partial charge on any atom is -0.170 e. The molecule has 1 saturated carbocycles. The van der Waals surface area contributed by atoms with Crippen LogP contribution in [0.2, 0.25) is 0 Å². The van der Waals surface area contributed by atoms with Gasteiger partial charge in [-0.05, 0) is 79.1 Å². The predicted molar refractivity (Wildman–Crippen MR) is 118 cm³/mol. The first kappa shape index (κ1) is 27.3. The van der Waals surface area contributed by atoms with E-state index in [9.17, 15) is 26.3 Å². The molecule has 0 amide bonds. The number of rotatable bonds is 3. The molecule has 0 aromatic heterocycles. The molecule has 186 valence electrons. The first-order valence-corrected chi connectivity index (χ1v) is 11.8. The van der Waals surface area contributed by atoms with Gasteiger partial charge in [-0.2, -0.15) is 26.3 Å². The van der Waals surface area contributed by atoms with Crippen LogP contribution >= 0.6 is 0 Å². The lowest BCUT2D eigenvalue weighted by Gasteiger charge is -2.47. The molecule has 6 heteroatoms. The van der Waals surface area contributed by atoms with E-state index in [0.29, 0.717) is 25.7 Å². The van der Waals surface area contributed by atoms with Crippen molar-refractivity contribution in [3.05, 3.63) is 23.8 Å². The van der Waals surface area contributed by atoms with Crippen molar-refractivity contribution in [2.45, 2.75) is 112 Å². The topological polar surface area (TPSA) is 0 Å². The molecular formula is C26H40F6. The molecule has 0 N–H and O–H groups in total. The lowest BCUT2D eigenvalue weighted by Crippen LogP contribution is -2.54. The number of allylic oxidation sites excluding steroid dienone is 4. The quantitative estimate of drug-likeness (QED) is 0.287. The fourth-order valence-electron chi connectivity index (χ4n) is 6.33. The molecule has 0 aromatic carbocycles. The van der Waals surface area contributed by atoms with Gasteiger partial charge in [-0.15, -0.1) is 0 Å². The van der Waals surface area contributed by atoms with E-state index < -0.39 is 35.2 Å². The van der Waals surface area contributed by atoms with Gasteiger partial charge in [0.25, 0.3) is 0 Å². The molecule has 0 nitrogen and oxygen atoms in total. The highest BCUT2D eigenvalue weighted by atomic mass is 19.4. The zero-order valence-corrected chi connectivity index (χ0v) is 20.4. The van der Waals surface area contributed by atoms with E-state index >= 15 is 0 Å². The van der Waals surface area contributed by atoms with Gasteiger partial charge in [-0.3, -0.25) is 0 Å². The molecule has 2 aliphatic rings. The molecule has 2 rings (SSSR count). The van der Waals surface area contributed by atoms with Gasteiger partial charge in [0.05, 0.1) is 0 Å². The average Bonchev–Trinajstić information content (AvgIpc) is 2.52. The van der Waals surface area contributed by atoms with Crippen molar-refractivity contribution < 1.29 is 26.3 Å². The van der Waals surface area contributed by atoms with Crippen molar-refractivity contribution in [2.75, 3.05) is 0 Å². The summed E-state index contributed by atoms with van der Waals surface area (Å²) in [7, 11) is 0. The fraction of sp³-hybridized carbons (Fsp3) is 0.846. The Morgan fingerprint density at radius 3 is 2.03 bits per heavy atom. The van der Waals surface area contributed by atoms with E-state index in [-0.39, 0.29) is 29.6 Å². The van der Waals surface area contributed by atoms with Gasteiger partial charge in [0.2, 0.25) is 0 Å². The third-order valence-corrected chi connectivity index (χ3v) is 7.67. The summed E-state index contributed by atoms with van der Waals surface area (Å²) in [5.74, 6) is 0.0708. The third kappa shape index (κ3) is 6.14. The van der Waals surface area contributed by atoms with Crippen LogP contribution in [0.25, 0.3) is 0 Å². The number of hydrogen-bond acceptors (Lipinski definition) is 0. The molecule has 32 heavy (non-hydrogen) atoms. The van der Waals surface area contributed by atoms with E-state index in [1.807, 2.05) is 20.8 Å². The summed E-state index contributed by atoms with van der Waals surface area (Å²) in [6.07, 6.45) is -3.80. The van der Waals surface area contributed by atoms with Crippen LogP contribution < -0.4 is 0 Å². The van der Waals surface area contributed by atoms with Crippen LogP contribution in [0.4, 0.5) is 26.3 Å². The van der Waals surface area contributed by atoms with Crippen molar-refractivity contribution in [1.82, 2.24) is 0 Å². The van der Waals surface area contributed by atoms with Crippen LogP contribution in [0.1, 0.15) is 99.3 Å². The SMILES string of the molecule is CC1CC(C)(C)CCCC(C)(CC(C2=CCCC(C)(C)C=CC2)(C(F)(F)F)C(F)(F)F)C1. The van der Waals surface area contributed by atoms with Gasteiger partial charge < -0.3 is 0 Å². The summed E-state index contributed by atoms with van der Waals surface area (Å²) in [6.45, 7) is 11.8. The second-order valence-corrected chi connectivity index (χ2v) is 12.3. The van der Waals surface area contributed by atoms with Crippen molar-refractivity contribution in [3.63, 3.8) is 0 Å². The van der Waals surface area contributed by atoms with Crippen LogP contribution in [0, 0.1) is 27.6 Å². The zero-order valence-electron chi connectivity index (χ0n) is 20.4. The standard InChI is InChI=1S/C26H40F6/c1-19-16-22(4,5)14-9-15-23(6,17-19)18-24(25(27,28)29,26(30,31)32)20-10-7-12-21(2,3)13-8-11-20/h7,11-12,19H,8-10,13-18H2,1-6H3. The minimum atomic E-state index is -5.41. The lowest BCUT2D eigenvalue weighted by molar-refractivity contribution is -0.335. The Balaban J connectivity index is 2.54. The molecule has 0 spiro atoms. The van der Waals surface area contributed by atoms with Crippen LogP contribution in [0.5, 0.6) is 0 Å². The van der Waals surface area contributed by atoms with Crippen molar-refractivity contribution in [3.8, 4) is 0 Å². The molecule has 0 aliphatic heterocycles. The maximum atomic E-state index is 14.6. The average molecular weight is 467 g/mol. The van der Waals surface area contributed by atoms with Crippen molar-refractivity contribution in [2.24, 2.45) is 27.6 Å². The summed E-state index contributed by atoms with van der Waals surface area (Å²) in [5.41, 5.74) is -5.55. The Morgan fingerprint density at radius 1 is 0.875 bits per heavy atom. The summed E-state index contributed by atoms with van der Waals surface area (Å²) in [4.78, 5) is 0. The van der Waals surface area contributed by atoms with E-state index in [0.717, 1.165) is 12.8 Å². The zero-order chi connectivity index (χ0) is 24.6. The smallest absolute Gasteiger partial charge is 0.170 e. The maximum Gasteiger partial charge on any atom is 0.406 e. The predicted octanol–water partition coefficient (Wildman–Crippen LogP) is 9.81. The van der Waals surface area contributed by atoms with Gasteiger partial charge in [-0.25, -0.2) is 0 Å². The van der Waals surface area contributed by atoms with Crippen LogP contribution in [0.15, 0.2) is 23.8 Å². The highest BCUT2D eigenvalue weighted by Gasteiger charge is 2.73. The molecular weight excluding hydrogens is 426 g/mol. The van der Waals surface area contributed by atoms with E-state index in [1.54, 1.807) is 13.0 Å². The Morgan fingerprint density at radius 2 is 1.47 bits per heavy atom. The second kappa shape index (κ2) is 9.02. The molecule has 1 fully saturated rings. The molecule has 0 bridgehead atoms. The summed E-state index contributed by atoms with van der Waals surface area (Å²) in [6, 6.07) is 0. The Hall–Kier alpha value is -0.940. The molecule has 0 heterocycles. The van der Waals surface area contributed by atoms with Crippen LogP contribution in [-0.2, 0) is 0 Å². The molecule has 0 saturated heterocycles. The number of alkyl halides is 6. The Labute approximate surface area is 189 Å². The largest absolute Gasteiger partial charge is 0.406 e. The lowest BCUT2D eigenvalue weighted by atomic mass is 9.59. The van der Waals surface area contributed by atoms with Crippen LogP contribution in [-0.4, -0.2) is 12.4 Å². The molecule has 0 aromatic rings. The van der Waals surface area contributed by atoms with Gasteiger partial charge in [-0.1, -0.05) is 66.2 Å². The third-order valence-electron chi connectivity index (χ3n) is 7.67. The van der Waals surface area contributed by atoms with E-state index in [1.165, 1.54) is 12.2 Å². The number of halogens is 6. The van der Waals surface area contributed by atoms with Gasteiger partial charge >= 0.3 is 12.4 Å². The first-order chi connectivity index (χ1) is 14.3. The van der Waals surface area contributed by atoms with E-state index in [2.05, 4.69) is 13.8 Å². The molecule has 2 atom stereocenters. The monoisotopic (exact) mass is 466 g/mol. The Bertz CT molecular complexity index is 693. The summed E-state index contributed by atoms with van der Waals surface area (Å²) < 4.78 is 87.5. The van der Waals surface area contributed by atoms with Gasteiger partial charge in [0.15, 0.2) is 5.41 Å². The fourth-order valence-corrected chi connectivity index (χ4v) is 6.33. The molecule has 2 aliphatic carbocycles. The van der Waals surface area contributed by atoms with Crippen molar-refractivity contribution >= 4 is 0 Å². The number of hydrogen-bond donors (Lipinski definition) is 0. The van der Waals surface area contributed by atoms with Gasteiger partial charge in [0.1, 0.15) is 0 Å². The second-order valence-electron chi connectivity index (χ2n) is 12.3. The summed E-state index contributed by atoms with van der Waals surface area (Å²) >= 11 is 0. The minimum absolute atomic E-state index is 0.0611.